The molecule has 7 heteroatoms. The lowest BCUT2D eigenvalue weighted by atomic mass is 10.1. The fourth-order valence-electron chi connectivity index (χ4n) is 4.51. The Morgan fingerprint density at radius 3 is 2.44 bits per heavy atom. The molecule has 0 saturated carbocycles. The highest BCUT2D eigenvalue weighted by Gasteiger charge is 2.27. The average Bonchev–Trinajstić information content (AvgIpc) is 3.11. The van der Waals surface area contributed by atoms with Gasteiger partial charge in [0, 0.05) is 79.5 Å². The molecule has 1 fully saturated rings. The molecule has 1 aliphatic rings. The van der Waals surface area contributed by atoms with Gasteiger partial charge in [-0.2, -0.15) is 0 Å². The van der Waals surface area contributed by atoms with Crippen molar-refractivity contribution in [2.45, 2.75) is 45.3 Å². The minimum Gasteiger partial charge on any atom is -0.474 e. The molecule has 176 valence electrons. The van der Waals surface area contributed by atoms with E-state index in [9.17, 15) is 4.79 Å². The summed E-state index contributed by atoms with van der Waals surface area (Å²) in [5.74, 6) is 0.608. The summed E-state index contributed by atoms with van der Waals surface area (Å²) in [6.45, 7) is 6.89. The summed E-state index contributed by atoms with van der Waals surface area (Å²) in [4.78, 5) is 22.8. The number of amides is 1. The Kier molecular flexibility index (Phi) is 5.63. The molecule has 5 rings (SSSR count). The zero-order valence-electron chi connectivity index (χ0n) is 20.1. The third-order valence-electron chi connectivity index (χ3n) is 6.26. The van der Waals surface area contributed by atoms with Gasteiger partial charge in [0.15, 0.2) is 0 Å². The molecule has 0 unspecified atom stereocenters. The fourth-order valence-corrected chi connectivity index (χ4v) is 4.51. The van der Waals surface area contributed by atoms with E-state index < -0.39 is 5.60 Å². The van der Waals surface area contributed by atoms with Crippen LogP contribution in [0.4, 0.5) is 4.79 Å². The Balaban J connectivity index is 1.25. The number of fused-ring (bicyclic) bond motifs is 3. The molecule has 34 heavy (non-hydrogen) atoms. The van der Waals surface area contributed by atoms with Gasteiger partial charge in [0.25, 0.3) is 0 Å². The van der Waals surface area contributed by atoms with Crippen LogP contribution in [0.5, 0.6) is 5.88 Å². The quantitative estimate of drug-likeness (QED) is 0.402. The number of nitrogens with zero attached hydrogens (tertiary/aromatic N) is 4. The van der Waals surface area contributed by atoms with Crippen LogP contribution < -0.4 is 4.74 Å². The summed E-state index contributed by atoms with van der Waals surface area (Å²) in [6.07, 6.45) is 6.90. The van der Waals surface area contributed by atoms with Crippen LogP contribution in [0.3, 0.4) is 0 Å². The standard InChI is InChI=1S/C27H30N4O3/c1-27(2,3)34-26(32)31-13-10-20(11-14-31)33-25-8-6-19(16-29-25)18-5-7-21-22-17-28-12-9-23(22)30(4)24(21)15-18/h5-9,12,15-17,20H,10-11,13-14H2,1-4H3. The number of rotatable bonds is 3. The van der Waals surface area contributed by atoms with Crippen molar-refractivity contribution in [3.8, 4) is 17.0 Å². The van der Waals surface area contributed by atoms with E-state index in [0.29, 0.717) is 19.0 Å². The third-order valence-corrected chi connectivity index (χ3v) is 6.26. The molecule has 0 atom stereocenters. The van der Waals surface area contributed by atoms with E-state index in [1.165, 1.54) is 10.9 Å². The van der Waals surface area contributed by atoms with E-state index in [4.69, 9.17) is 9.47 Å². The second kappa shape index (κ2) is 8.63. The number of hydrogen-bond acceptors (Lipinski definition) is 5. The van der Waals surface area contributed by atoms with Gasteiger partial charge >= 0.3 is 6.09 Å². The minimum absolute atomic E-state index is 0.0396. The number of benzene rings is 1. The molecule has 0 bridgehead atoms. The molecule has 4 heterocycles. The predicted molar refractivity (Wildman–Crippen MR) is 133 cm³/mol. The molecule has 1 aromatic carbocycles. The van der Waals surface area contributed by atoms with E-state index in [1.807, 2.05) is 57.6 Å². The van der Waals surface area contributed by atoms with E-state index in [2.05, 4.69) is 39.8 Å². The molecular formula is C27H30N4O3. The SMILES string of the molecule is Cn1c2ccncc2c2ccc(-c3ccc(OC4CCN(C(=O)OC(C)(C)C)CC4)nc3)cc21. The number of ether oxygens (including phenoxy) is 2. The lowest BCUT2D eigenvalue weighted by molar-refractivity contribution is 0.0123. The number of likely N-dealkylation sites (tertiary alicyclic amines) is 1. The molecule has 4 aromatic rings. The molecule has 1 aliphatic heterocycles. The summed E-state index contributed by atoms with van der Waals surface area (Å²) in [5, 5.41) is 2.35. The van der Waals surface area contributed by atoms with Gasteiger partial charge in [0.05, 0.1) is 5.52 Å². The van der Waals surface area contributed by atoms with E-state index in [0.717, 1.165) is 34.9 Å². The number of carbonyl (C=O) groups excluding carboxylic acids is 1. The van der Waals surface area contributed by atoms with Crippen molar-refractivity contribution in [1.82, 2.24) is 19.4 Å². The van der Waals surface area contributed by atoms with Crippen molar-refractivity contribution >= 4 is 27.9 Å². The number of piperidine rings is 1. The predicted octanol–water partition coefficient (Wildman–Crippen LogP) is 5.57. The molecule has 0 N–H and O–H groups in total. The second-order valence-electron chi connectivity index (χ2n) is 9.85. The van der Waals surface area contributed by atoms with Crippen LogP contribution in [0.15, 0.2) is 55.0 Å². The lowest BCUT2D eigenvalue weighted by Gasteiger charge is -2.33. The summed E-state index contributed by atoms with van der Waals surface area (Å²) in [7, 11) is 2.08. The van der Waals surface area contributed by atoms with Crippen LogP contribution in [0.1, 0.15) is 33.6 Å². The fraction of sp³-hybridized carbons (Fsp3) is 0.370. The smallest absolute Gasteiger partial charge is 0.410 e. The Morgan fingerprint density at radius 1 is 0.971 bits per heavy atom. The van der Waals surface area contributed by atoms with Crippen molar-refractivity contribution in [2.24, 2.45) is 7.05 Å². The highest BCUT2D eigenvalue weighted by atomic mass is 16.6. The Morgan fingerprint density at radius 2 is 1.74 bits per heavy atom. The van der Waals surface area contributed by atoms with Crippen LogP contribution in [0, 0.1) is 0 Å². The largest absolute Gasteiger partial charge is 0.474 e. The summed E-state index contributed by atoms with van der Waals surface area (Å²) < 4.78 is 13.8. The van der Waals surface area contributed by atoms with Gasteiger partial charge < -0.3 is 18.9 Å². The first-order valence-electron chi connectivity index (χ1n) is 11.7. The molecule has 0 aliphatic carbocycles. The van der Waals surface area contributed by atoms with Crippen LogP contribution in [-0.4, -0.2) is 50.3 Å². The molecule has 3 aromatic heterocycles. The highest BCUT2D eigenvalue weighted by molar-refractivity contribution is 6.08. The van der Waals surface area contributed by atoms with Gasteiger partial charge in [-0.05, 0) is 44.5 Å². The maximum Gasteiger partial charge on any atom is 0.410 e. The summed E-state index contributed by atoms with van der Waals surface area (Å²) in [5.41, 5.74) is 4.00. The van der Waals surface area contributed by atoms with Gasteiger partial charge in [-0.1, -0.05) is 12.1 Å². The average molecular weight is 459 g/mol. The number of pyridine rings is 2. The number of hydrogen-bond donors (Lipinski definition) is 0. The van der Waals surface area contributed by atoms with Gasteiger partial charge in [-0.3, -0.25) is 4.98 Å². The van der Waals surface area contributed by atoms with Crippen molar-refractivity contribution < 1.29 is 14.3 Å². The summed E-state index contributed by atoms with van der Waals surface area (Å²) >= 11 is 0. The Hall–Kier alpha value is -3.61. The first-order chi connectivity index (χ1) is 16.3. The third kappa shape index (κ3) is 4.42. The van der Waals surface area contributed by atoms with E-state index >= 15 is 0 Å². The minimum atomic E-state index is -0.481. The molecule has 0 radical (unpaired) electrons. The van der Waals surface area contributed by atoms with Gasteiger partial charge in [-0.15, -0.1) is 0 Å². The highest BCUT2D eigenvalue weighted by Crippen LogP contribution is 2.31. The van der Waals surface area contributed by atoms with Gasteiger partial charge in [0.2, 0.25) is 5.88 Å². The maximum atomic E-state index is 12.3. The van der Waals surface area contributed by atoms with Gasteiger partial charge in [0.1, 0.15) is 11.7 Å². The Labute approximate surface area is 199 Å². The van der Waals surface area contributed by atoms with Crippen molar-refractivity contribution in [2.75, 3.05) is 13.1 Å². The van der Waals surface area contributed by atoms with Gasteiger partial charge in [-0.25, -0.2) is 9.78 Å². The van der Waals surface area contributed by atoms with Crippen LogP contribution >= 0.6 is 0 Å². The number of carbonyl (C=O) groups is 1. The lowest BCUT2D eigenvalue weighted by Crippen LogP contribution is -2.44. The molecule has 7 nitrogen and oxygen atoms in total. The van der Waals surface area contributed by atoms with E-state index in [1.54, 1.807) is 4.90 Å². The first-order valence-corrected chi connectivity index (χ1v) is 11.7. The van der Waals surface area contributed by atoms with Crippen molar-refractivity contribution in [1.29, 1.82) is 0 Å². The Bertz CT molecular complexity index is 1330. The zero-order chi connectivity index (χ0) is 23.9. The molecule has 1 amide bonds. The zero-order valence-corrected chi connectivity index (χ0v) is 20.1. The van der Waals surface area contributed by atoms with Crippen molar-refractivity contribution in [3.05, 3.63) is 55.0 Å². The van der Waals surface area contributed by atoms with E-state index in [-0.39, 0.29) is 12.2 Å². The molecular weight excluding hydrogens is 428 g/mol. The molecule has 1 saturated heterocycles. The van der Waals surface area contributed by atoms with Crippen LogP contribution in [-0.2, 0) is 11.8 Å². The van der Waals surface area contributed by atoms with Crippen LogP contribution in [0.2, 0.25) is 0 Å². The number of aromatic nitrogens is 3. The normalized spacial score (nSPS) is 15.1. The second-order valence-corrected chi connectivity index (χ2v) is 9.85. The topological polar surface area (TPSA) is 69.5 Å². The molecule has 0 spiro atoms. The van der Waals surface area contributed by atoms with Crippen molar-refractivity contribution in [3.63, 3.8) is 0 Å². The van der Waals surface area contributed by atoms with Crippen LogP contribution in [0.25, 0.3) is 32.9 Å². The maximum absolute atomic E-state index is 12.3. The monoisotopic (exact) mass is 458 g/mol. The number of aryl methyl sites for hydroxylation is 1. The summed E-state index contributed by atoms with van der Waals surface area (Å²) in [6, 6.07) is 12.5. The first kappa shape index (κ1) is 22.2.